The molecular formula is C12H12FNO4. The second kappa shape index (κ2) is 4.73. The Morgan fingerprint density at radius 2 is 2.28 bits per heavy atom. The van der Waals surface area contributed by atoms with Gasteiger partial charge in [-0.05, 0) is 17.7 Å². The first kappa shape index (κ1) is 12.5. The predicted octanol–water partition coefficient (Wildman–Crippen LogP) is 0.809. The number of aliphatic carboxylic acids is 1. The van der Waals surface area contributed by atoms with Crippen LogP contribution in [0.2, 0.25) is 0 Å². The fourth-order valence-corrected chi connectivity index (χ4v) is 1.97. The van der Waals surface area contributed by atoms with E-state index in [0.717, 1.165) is 4.90 Å². The van der Waals surface area contributed by atoms with E-state index in [-0.39, 0.29) is 6.61 Å². The largest absolute Gasteiger partial charge is 0.480 e. The van der Waals surface area contributed by atoms with Gasteiger partial charge in [-0.3, -0.25) is 4.79 Å². The van der Waals surface area contributed by atoms with Crippen LogP contribution in [0, 0.1) is 5.82 Å². The molecule has 96 valence electrons. The number of likely N-dealkylation sites (N-methyl/N-ethyl adjacent to an activating group) is 1. The average Bonchev–Trinajstić information content (AvgIpc) is 2.32. The third kappa shape index (κ3) is 2.19. The van der Waals surface area contributed by atoms with E-state index in [0.29, 0.717) is 5.56 Å². The number of amides is 1. The van der Waals surface area contributed by atoms with Crippen molar-refractivity contribution >= 4 is 11.9 Å². The summed E-state index contributed by atoms with van der Waals surface area (Å²) in [7, 11) is 1.40. The molecule has 1 amide bonds. The Morgan fingerprint density at radius 3 is 2.89 bits per heavy atom. The molecule has 2 unspecified atom stereocenters. The SMILES string of the molecule is CN1C(=O)COC(c2cccc(F)c2)C1C(=O)O. The Bertz CT molecular complexity index is 491. The standard InChI is InChI=1S/C12H12FNO4/c1-14-9(15)6-18-11(10(14)12(16)17)7-3-2-4-8(13)5-7/h2-5,10-11H,6H2,1H3,(H,16,17). The first-order valence-electron chi connectivity index (χ1n) is 5.36. The highest BCUT2D eigenvalue weighted by atomic mass is 19.1. The van der Waals surface area contributed by atoms with E-state index in [9.17, 15) is 14.0 Å². The van der Waals surface area contributed by atoms with Gasteiger partial charge in [-0.15, -0.1) is 0 Å². The topological polar surface area (TPSA) is 66.8 Å². The lowest BCUT2D eigenvalue weighted by Crippen LogP contribution is -2.52. The number of hydrogen-bond acceptors (Lipinski definition) is 3. The lowest BCUT2D eigenvalue weighted by Gasteiger charge is -2.36. The Hall–Kier alpha value is -1.95. The molecule has 1 aromatic rings. The highest BCUT2D eigenvalue weighted by Gasteiger charge is 2.40. The molecule has 1 aliphatic heterocycles. The zero-order valence-electron chi connectivity index (χ0n) is 9.67. The lowest BCUT2D eigenvalue weighted by molar-refractivity contribution is -0.169. The summed E-state index contributed by atoms with van der Waals surface area (Å²) in [6, 6.07) is 4.38. The zero-order chi connectivity index (χ0) is 13.3. The maximum Gasteiger partial charge on any atom is 0.329 e. The van der Waals surface area contributed by atoms with Crippen molar-refractivity contribution in [2.75, 3.05) is 13.7 Å². The van der Waals surface area contributed by atoms with Crippen molar-refractivity contribution in [2.24, 2.45) is 0 Å². The van der Waals surface area contributed by atoms with Gasteiger partial charge in [-0.25, -0.2) is 9.18 Å². The summed E-state index contributed by atoms with van der Waals surface area (Å²) in [6.07, 6.45) is -0.860. The summed E-state index contributed by atoms with van der Waals surface area (Å²) in [5, 5.41) is 9.16. The Morgan fingerprint density at radius 1 is 1.56 bits per heavy atom. The van der Waals surface area contributed by atoms with Crippen LogP contribution in [0.4, 0.5) is 4.39 Å². The van der Waals surface area contributed by atoms with Gasteiger partial charge in [0.1, 0.15) is 18.5 Å². The molecule has 18 heavy (non-hydrogen) atoms. The van der Waals surface area contributed by atoms with E-state index >= 15 is 0 Å². The van der Waals surface area contributed by atoms with Gasteiger partial charge in [0.05, 0.1) is 0 Å². The van der Waals surface area contributed by atoms with Crippen LogP contribution in [0.15, 0.2) is 24.3 Å². The third-order valence-electron chi connectivity index (χ3n) is 2.91. The number of carboxylic acids is 1. The zero-order valence-corrected chi connectivity index (χ0v) is 9.67. The molecule has 5 nitrogen and oxygen atoms in total. The molecule has 1 saturated heterocycles. The monoisotopic (exact) mass is 253 g/mol. The Balaban J connectivity index is 2.36. The van der Waals surface area contributed by atoms with E-state index in [4.69, 9.17) is 9.84 Å². The smallest absolute Gasteiger partial charge is 0.329 e. The van der Waals surface area contributed by atoms with Crippen molar-refractivity contribution in [1.82, 2.24) is 4.90 Å². The van der Waals surface area contributed by atoms with Crippen molar-refractivity contribution in [3.63, 3.8) is 0 Å². The van der Waals surface area contributed by atoms with Gasteiger partial charge in [-0.2, -0.15) is 0 Å². The van der Waals surface area contributed by atoms with Crippen molar-refractivity contribution in [3.8, 4) is 0 Å². The Labute approximate surface area is 103 Å². The van der Waals surface area contributed by atoms with E-state index < -0.39 is 29.8 Å². The minimum atomic E-state index is -1.18. The van der Waals surface area contributed by atoms with Crippen molar-refractivity contribution in [2.45, 2.75) is 12.1 Å². The molecule has 1 N–H and O–H groups in total. The fourth-order valence-electron chi connectivity index (χ4n) is 1.97. The van der Waals surface area contributed by atoms with Crippen LogP contribution in [0.5, 0.6) is 0 Å². The number of carbonyl (C=O) groups excluding carboxylic acids is 1. The van der Waals surface area contributed by atoms with Gasteiger partial charge < -0.3 is 14.7 Å². The minimum Gasteiger partial charge on any atom is -0.480 e. The number of rotatable bonds is 2. The van der Waals surface area contributed by atoms with Crippen LogP contribution in [-0.2, 0) is 14.3 Å². The van der Waals surface area contributed by atoms with E-state index in [2.05, 4.69) is 0 Å². The molecule has 0 bridgehead atoms. The second-order valence-corrected chi connectivity index (χ2v) is 4.07. The molecule has 0 radical (unpaired) electrons. The van der Waals surface area contributed by atoms with Gasteiger partial charge >= 0.3 is 5.97 Å². The van der Waals surface area contributed by atoms with Gasteiger partial charge in [0.25, 0.3) is 0 Å². The van der Waals surface area contributed by atoms with Crippen LogP contribution >= 0.6 is 0 Å². The number of carbonyl (C=O) groups is 2. The lowest BCUT2D eigenvalue weighted by atomic mass is 9.99. The molecule has 6 heteroatoms. The van der Waals surface area contributed by atoms with Crippen molar-refractivity contribution < 1.29 is 23.8 Å². The van der Waals surface area contributed by atoms with Crippen molar-refractivity contribution in [3.05, 3.63) is 35.6 Å². The highest BCUT2D eigenvalue weighted by molar-refractivity contribution is 5.86. The van der Waals surface area contributed by atoms with Gasteiger partial charge in [0.15, 0.2) is 6.04 Å². The van der Waals surface area contributed by atoms with Gasteiger partial charge in [-0.1, -0.05) is 12.1 Å². The first-order chi connectivity index (χ1) is 8.50. The summed E-state index contributed by atoms with van der Waals surface area (Å²) in [5.74, 6) is -2.06. The molecule has 2 atom stereocenters. The summed E-state index contributed by atoms with van der Waals surface area (Å²) < 4.78 is 18.4. The summed E-state index contributed by atoms with van der Waals surface area (Å²) in [6.45, 7) is -0.207. The van der Waals surface area contributed by atoms with Crippen molar-refractivity contribution in [1.29, 1.82) is 0 Å². The normalized spacial score (nSPS) is 24.1. The number of nitrogens with zero attached hydrogens (tertiary/aromatic N) is 1. The molecule has 0 aliphatic carbocycles. The molecule has 1 heterocycles. The molecule has 1 aliphatic rings. The van der Waals surface area contributed by atoms with Gasteiger partial charge in [0.2, 0.25) is 5.91 Å². The van der Waals surface area contributed by atoms with Crippen LogP contribution < -0.4 is 0 Å². The Kier molecular flexibility index (Phi) is 3.29. The summed E-state index contributed by atoms with van der Waals surface area (Å²) >= 11 is 0. The quantitative estimate of drug-likeness (QED) is 0.847. The van der Waals surface area contributed by atoms with Gasteiger partial charge in [0, 0.05) is 7.05 Å². The van der Waals surface area contributed by atoms with Crippen LogP contribution in [0.1, 0.15) is 11.7 Å². The predicted molar refractivity (Wildman–Crippen MR) is 59.3 cm³/mol. The summed E-state index contributed by atoms with van der Waals surface area (Å²) in [4.78, 5) is 23.7. The maximum atomic E-state index is 13.1. The molecule has 2 rings (SSSR count). The number of carboxylic acid groups (broad SMARTS) is 1. The number of hydrogen-bond donors (Lipinski definition) is 1. The van der Waals surface area contributed by atoms with E-state index in [1.165, 1.54) is 25.2 Å². The number of ether oxygens (including phenoxy) is 1. The average molecular weight is 253 g/mol. The molecular weight excluding hydrogens is 241 g/mol. The highest BCUT2D eigenvalue weighted by Crippen LogP contribution is 2.28. The van der Waals surface area contributed by atoms with E-state index in [1.807, 2.05) is 0 Å². The number of morpholine rings is 1. The second-order valence-electron chi connectivity index (χ2n) is 4.07. The molecule has 0 aromatic heterocycles. The minimum absolute atomic E-state index is 0.207. The molecule has 1 aromatic carbocycles. The van der Waals surface area contributed by atoms with Crippen LogP contribution in [0.25, 0.3) is 0 Å². The summed E-state index contributed by atoms with van der Waals surface area (Å²) in [5.41, 5.74) is 0.404. The van der Waals surface area contributed by atoms with Crippen LogP contribution in [0.3, 0.4) is 0 Å². The maximum absolute atomic E-state index is 13.1. The fraction of sp³-hybridized carbons (Fsp3) is 0.333. The first-order valence-corrected chi connectivity index (χ1v) is 5.36. The number of benzene rings is 1. The third-order valence-corrected chi connectivity index (χ3v) is 2.91. The molecule has 0 spiro atoms. The molecule has 1 fully saturated rings. The number of halogens is 1. The molecule has 0 saturated carbocycles. The van der Waals surface area contributed by atoms with Crippen LogP contribution in [-0.4, -0.2) is 41.6 Å². The van der Waals surface area contributed by atoms with E-state index in [1.54, 1.807) is 6.07 Å².